The van der Waals surface area contributed by atoms with Crippen LogP contribution in [0.4, 0.5) is 0 Å². The van der Waals surface area contributed by atoms with Gasteiger partial charge in [0.2, 0.25) is 5.82 Å². The molecule has 0 radical (unpaired) electrons. The van der Waals surface area contributed by atoms with E-state index in [1.54, 1.807) is 11.3 Å². The van der Waals surface area contributed by atoms with E-state index in [0.717, 1.165) is 10.4 Å². The van der Waals surface area contributed by atoms with E-state index in [2.05, 4.69) is 17.1 Å². The first-order valence-electron chi connectivity index (χ1n) is 5.27. The number of benzene rings is 1. The van der Waals surface area contributed by atoms with Crippen LogP contribution in [0, 0.1) is 6.92 Å². The molecule has 0 spiro atoms. The Bertz CT molecular complexity index is 611. The molecular formula is C13H10N2OS. The molecule has 0 amide bonds. The van der Waals surface area contributed by atoms with Crippen LogP contribution >= 0.6 is 11.3 Å². The van der Waals surface area contributed by atoms with Gasteiger partial charge in [0.1, 0.15) is 0 Å². The fourth-order valence-electron chi connectivity index (χ4n) is 1.54. The number of hydrogen-bond acceptors (Lipinski definition) is 4. The Balaban J connectivity index is 1.98. The Morgan fingerprint density at radius 1 is 1.12 bits per heavy atom. The zero-order chi connectivity index (χ0) is 11.7. The quantitative estimate of drug-likeness (QED) is 0.686. The minimum atomic E-state index is 0.563. The number of nitrogens with zero attached hydrogens (tertiary/aromatic N) is 2. The van der Waals surface area contributed by atoms with E-state index in [0.29, 0.717) is 11.7 Å². The molecule has 0 unspecified atom stereocenters. The van der Waals surface area contributed by atoms with Gasteiger partial charge in [-0.2, -0.15) is 4.98 Å². The molecule has 0 saturated carbocycles. The summed E-state index contributed by atoms with van der Waals surface area (Å²) in [7, 11) is 0. The lowest BCUT2D eigenvalue weighted by Gasteiger charge is -1.94. The van der Waals surface area contributed by atoms with E-state index in [4.69, 9.17) is 4.52 Å². The molecule has 2 heterocycles. The Morgan fingerprint density at radius 2 is 1.94 bits per heavy atom. The molecule has 0 aliphatic rings. The molecule has 0 atom stereocenters. The van der Waals surface area contributed by atoms with Gasteiger partial charge in [0, 0.05) is 5.56 Å². The number of aromatic nitrogens is 2. The van der Waals surface area contributed by atoms with Crippen LogP contribution in [0.25, 0.3) is 22.2 Å². The van der Waals surface area contributed by atoms with Gasteiger partial charge >= 0.3 is 0 Å². The van der Waals surface area contributed by atoms with Crippen molar-refractivity contribution in [3.05, 3.63) is 47.3 Å². The molecule has 0 aliphatic heterocycles. The smallest absolute Gasteiger partial charge is 0.258 e. The molecule has 0 saturated heterocycles. The van der Waals surface area contributed by atoms with Gasteiger partial charge in [-0.1, -0.05) is 28.9 Å². The summed E-state index contributed by atoms with van der Waals surface area (Å²) in [6, 6.07) is 12.0. The Morgan fingerprint density at radius 3 is 2.65 bits per heavy atom. The molecule has 84 valence electrons. The molecule has 4 heteroatoms. The van der Waals surface area contributed by atoms with Crippen LogP contribution in [0.15, 0.2) is 46.3 Å². The van der Waals surface area contributed by atoms with Gasteiger partial charge in [0.25, 0.3) is 5.89 Å². The van der Waals surface area contributed by atoms with Gasteiger partial charge < -0.3 is 4.52 Å². The van der Waals surface area contributed by atoms with Gasteiger partial charge in [-0.15, -0.1) is 11.3 Å². The predicted octanol–water partition coefficient (Wildman–Crippen LogP) is 3.77. The summed E-state index contributed by atoms with van der Waals surface area (Å²) in [5, 5.41) is 5.98. The molecule has 2 aromatic heterocycles. The third-order valence-electron chi connectivity index (χ3n) is 2.47. The van der Waals surface area contributed by atoms with Gasteiger partial charge in [-0.25, -0.2) is 0 Å². The summed E-state index contributed by atoms with van der Waals surface area (Å²) < 4.78 is 5.26. The topological polar surface area (TPSA) is 38.9 Å². The first-order chi connectivity index (χ1) is 8.33. The molecule has 17 heavy (non-hydrogen) atoms. The monoisotopic (exact) mass is 242 g/mol. The Kier molecular flexibility index (Phi) is 2.49. The van der Waals surface area contributed by atoms with Gasteiger partial charge in [-0.05, 0) is 30.5 Å². The molecule has 1 aromatic carbocycles. The summed E-state index contributed by atoms with van der Waals surface area (Å²) in [6.45, 7) is 2.05. The summed E-state index contributed by atoms with van der Waals surface area (Å²) in [6.07, 6.45) is 0. The molecule has 3 nitrogen and oxygen atoms in total. The normalized spacial score (nSPS) is 10.6. The zero-order valence-electron chi connectivity index (χ0n) is 9.25. The highest BCUT2D eigenvalue weighted by atomic mass is 32.1. The van der Waals surface area contributed by atoms with Crippen LogP contribution in [-0.2, 0) is 0 Å². The molecule has 0 N–H and O–H groups in total. The van der Waals surface area contributed by atoms with E-state index in [9.17, 15) is 0 Å². The molecule has 3 rings (SSSR count). The van der Waals surface area contributed by atoms with Crippen molar-refractivity contribution in [2.75, 3.05) is 0 Å². The summed E-state index contributed by atoms with van der Waals surface area (Å²) in [5.41, 5.74) is 2.16. The standard InChI is InChI=1S/C13H10N2OS/c1-9-4-6-10(7-5-9)13-14-12(15-16-13)11-3-2-8-17-11/h2-8H,1H3. The minimum absolute atomic E-state index is 0.563. The number of hydrogen-bond donors (Lipinski definition) is 0. The van der Waals surface area contributed by atoms with Crippen molar-refractivity contribution < 1.29 is 4.52 Å². The molecule has 0 aliphatic carbocycles. The van der Waals surface area contributed by atoms with E-state index in [1.165, 1.54) is 5.56 Å². The van der Waals surface area contributed by atoms with E-state index in [-0.39, 0.29) is 0 Å². The van der Waals surface area contributed by atoms with Gasteiger partial charge in [0.15, 0.2) is 0 Å². The fraction of sp³-hybridized carbons (Fsp3) is 0.0769. The highest BCUT2D eigenvalue weighted by molar-refractivity contribution is 7.13. The van der Waals surface area contributed by atoms with Crippen molar-refractivity contribution in [1.29, 1.82) is 0 Å². The molecule has 3 aromatic rings. The van der Waals surface area contributed by atoms with Crippen molar-refractivity contribution in [3.63, 3.8) is 0 Å². The number of aryl methyl sites for hydroxylation is 1. The maximum atomic E-state index is 5.26. The van der Waals surface area contributed by atoms with Crippen LogP contribution in [0.5, 0.6) is 0 Å². The summed E-state index contributed by atoms with van der Waals surface area (Å²) in [4.78, 5) is 5.41. The first-order valence-corrected chi connectivity index (χ1v) is 6.15. The summed E-state index contributed by atoms with van der Waals surface area (Å²) in [5.74, 6) is 1.21. The second kappa shape index (κ2) is 4.14. The fourth-order valence-corrected chi connectivity index (χ4v) is 2.19. The van der Waals surface area contributed by atoms with Crippen molar-refractivity contribution in [2.45, 2.75) is 6.92 Å². The van der Waals surface area contributed by atoms with E-state index in [1.807, 2.05) is 41.8 Å². The third-order valence-corrected chi connectivity index (χ3v) is 3.33. The van der Waals surface area contributed by atoms with E-state index < -0.39 is 0 Å². The number of rotatable bonds is 2. The van der Waals surface area contributed by atoms with Crippen LogP contribution in [-0.4, -0.2) is 10.1 Å². The SMILES string of the molecule is Cc1ccc(-c2nc(-c3cccs3)no2)cc1. The van der Waals surface area contributed by atoms with Crippen LogP contribution in [0.2, 0.25) is 0 Å². The number of thiophene rings is 1. The van der Waals surface area contributed by atoms with Crippen molar-refractivity contribution in [1.82, 2.24) is 10.1 Å². The maximum absolute atomic E-state index is 5.26. The summed E-state index contributed by atoms with van der Waals surface area (Å²) >= 11 is 1.60. The maximum Gasteiger partial charge on any atom is 0.258 e. The van der Waals surface area contributed by atoms with Crippen LogP contribution in [0.1, 0.15) is 5.56 Å². The van der Waals surface area contributed by atoms with Gasteiger partial charge in [-0.3, -0.25) is 0 Å². The lowest BCUT2D eigenvalue weighted by molar-refractivity contribution is 0.432. The minimum Gasteiger partial charge on any atom is -0.334 e. The largest absolute Gasteiger partial charge is 0.334 e. The van der Waals surface area contributed by atoms with Gasteiger partial charge in [0.05, 0.1) is 4.88 Å². The zero-order valence-corrected chi connectivity index (χ0v) is 10.1. The predicted molar refractivity (Wildman–Crippen MR) is 67.8 cm³/mol. The van der Waals surface area contributed by atoms with Crippen molar-refractivity contribution in [2.24, 2.45) is 0 Å². The second-order valence-electron chi connectivity index (χ2n) is 3.77. The molecule has 0 fully saturated rings. The van der Waals surface area contributed by atoms with Crippen LogP contribution in [0.3, 0.4) is 0 Å². The Labute approximate surface area is 103 Å². The lowest BCUT2D eigenvalue weighted by Crippen LogP contribution is -1.78. The lowest BCUT2D eigenvalue weighted by atomic mass is 10.1. The molecule has 0 bridgehead atoms. The highest BCUT2D eigenvalue weighted by Gasteiger charge is 2.10. The van der Waals surface area contributed by atoms with Crippen LogP contribution < -0.4 is 0 Å². The average Bonchev–Trinajstić information content (AvgIpc) is 3.00. The molecular weight excluding hydrogens is 232 g/mol. The van der Waals surface area contributed by atoms with E-state index >= 15 is 0 Å². The van der Waals surface area contributed by atoms with Crippen molar-refractivity contribution in [3.8, 4) is 22.2 Å². The second-order valence-corrected chi connectivity index (χ2v) is 4.71. The Hall–Kier alpha value is -1.94. The first kappa shape index (κ1) is 10.2. The average molecular weight is 242 g/mol. The van der Waals surface area contributed by atoms with Crippen molar-refractivity contribution >= 4 is 11.3 Å². The highest BCUT2D eigenvalue weighted by Crippen LogP contribution is 2.25. The third kappa shape index (κ3) is 1.99.